The van der Waals surface area contributed by atoms with Gasteiger partial charge in [0.15, 0.2) is 10.7 Å². The predicted molar refractivity (Wildman–Crippen MR) is 116 cm³/mol. The fourth-order valence-corrected chi connectivity index (χ4v) is 3.87. The summed E-state index contributed by atoms with van der Waals surface area (Å²) < 4.78 is 30.0. The molecule has 0 aliphatic rings. The molecule has 30 heavy (non-hydrogen) atoms. The molecular weight excluding hydrogens is 400 g/mol. The molecule has 0 spiro atoms. The van der Waals surface area contributed by atoms with E-state index in [1.165, 1.54) is 0 Å². The van der Waals surface area contributed by atoms with Crippen LogP contribution in [0, 0.1) is 0 Å². The summed E-state index contributed by atoms with van der Waals surface area (Å²) in [7, 11) is -0.245. The second-order valence-electron chi connectivity index (χ2n) is 6.10. The van der Waals surface area contributed by atoms with Crippen LogP contribution in [0.3, 0.4) is 0 Å². The fourth-order valence-electron chi connectivity index (χ4n) is 2.70. The van der Waals surface area contributed by atoms with E-state index >= 15 is 0 Å². The van der Waals surface area contributed by atoms with E-state index in [0.29, 0.717) is 22.0 Å². The van der Waals surface area contributed by atoms with Crippen molar-refractivity contribution in [3.8, 4) is 11.5 Å². The molecule has 3 aromatic rings. The molecule has 0 fully saturated rings. The molecule has 0 aliphatic heterocycles. The van der Waals surface area contributed by atoms with Crippen LogP contribution in [-0.4, -0.2) is 23.9 Å². The second kappa shape index (κ2) is 10.4. The van der Waals surface area contributed by atoms with Crippen LogP contribution < -0.4 is 9.47 Å². The van der Waals surface area contributed by atoms with Gasteiger partial charge < -0.3 is 14.2 Å². The van der Waals surface area contributed by atoms with Crippen LogP contribution >= 0.6 is 0 Å². The largest absolute Gasteiger partial charge is 0.497 e. The van der Waals surface area contributed by atoms with Gasteiger partial charge in [0, 0.05) is 10.5 Å². The number of carbonyl (C=O) groups excluding carboxylic acids is 1. The molecule has 0 radical (unpaired) electrons. The molecule has 0 saturated heterocycles. The highest BCUT2D eigenvalue weighted by Crippen LogP contribution is 2.30. The maximum Gasteiger partial charge on any atom is 0.351 e. The summed E-state index contributed by atoms with van der Waals surface area (Å²) in [6, 6.07) is 24.8. The lowest BCUT2D eigenvalue weighted by Gasteiger charge is -2.16. The van der Waals surface area contributed by atoms with Crippen molar-refractivity contribution in [2.45, 2.75) is 11.8 Å². The van der Waals surface area contributed by atoms with Crippen LogP contribution in [0.2, 0.25) is 0 Å². The molecule has 5 nitrogen and oxygen atoms in total. The van der Waals surface area contributed by atoms with Gasteiger partial charge in [-0.05, 0) is 55.5 Å². The number of methoxy groups -OCH3 is 1. The zero-order valence-corrected chi connectivity index (χ0v) is 17.6. The maximum atomic E-state index is 13.4. The molecule has 0 aromatic heterocycles. The zero-order chi connectivity index (χ0) is 21.3. The van der Waals surface area contributed by atoms with Gasteiger partial charge in [0.1, 0.15) is 11.5 Å². The second-order valence-corrected chi connectivity index (χ2v) is 7.52. The van der Waals surface area contributed by atoms with E-state index in [-0.39, 0.29) is 17.3 Å². The molecule has 0 bridgehead atoms. The van der Waals surface area contributed by atoms with Crippen LogP contribution in [0.15, 0.2) is 94.7 Å². The Morgan fingerprint density at radius 3 is 2.00 bits per heavy atom. The van der Waals surface area contributed by atoms with Gasteiger partial charge in [-0.1, -0.05) is 36.4 Å². The Kier molecular flexibility index (Phi) is 7.40. The zero-order valence-electron chi connectivity index (χ0n) is 16.7. The molecular formula is C24H22O5S. The van der Waals surface area contributed by atoms with E-state index in [2.05, 4.69) is 0 Å². The van der Waals surface area contributed by atoms with E-state index in [1.54, 1.807) is 74.7 Å². The number of para-hydroxylation sites is 1. The minimum Gasteiger partial charge on any atom is -0.497 e. The molecule has 154 valence electrons. The van der Waals surface area contributed by atoms with Crippen molar-refractivity contribution >= 4 is 22.5 Å². The summed E-state index contributed by atoms with van der Waals surface area (Å²) in [5.41, 5.74) is 0.576. The van der Waals surface area contributed by atoms with Gasteiger partial charge in [-0.15, -0.1) is 0 Å². The first-order chi connectivity index (χ1) is 14.6. The molecule has 0 aliphatic carbocycles. The summed E-state index contributed by atoms with van der Waals surface area (Å²) in [5.74, 6) is 0.640. The van der Waals surface area contributed by atoms with Gasteiger partial charge in [0.05, 0.1) is 24.5 Å². The number of rotatable bonds is 8. The number of hydrogen-bond donors (Lipinski definition) is 0. The summed E-state index contributed by atoms with van der Waals surface area (Å²) in [4.78, 5) is 13.3. The van der Waals surface area contributed by atoms with Crippen molar-refractivity contribution in [1.29, 1.82) is 0 Å². The molecule has 3 aromatic carbocycles. The van der Waals surface area contributed by atoms with Crippen LogP contribution in [0.4, 0.5) is 0 Å². The van der Waals surface area contributed by atoms with Crippen LogP contribution in [0.1, 0.15) is 12.5 Å². The highest BCUT2D eigenvalue weighted by molar-refractivity contribution is 7.90. The molecule has 0 saturated carbocycles. The summed E-state index contributed by atoms with van der Waals surface area (Å²) in [6.45, 7) is 1.85. The quantitative estimate of drug-likeness (QED) is 0.296. The van der Waals surface area contributed by atoms with Gasteiger partial charge in [-0.25, -0.2) is 9.00 Å². The van der Waals surface area contributed by atoms with Crippen molar-refractivity contribution in [1.82, 2.24) is 0 Å². The Hall–Kier alpha value is -3.38. The standard InChI is InChI=1S/C24H22O5S/c1-3-28-24(25)23(30(26)21-12-8-5-9-13-21)22(29-20-10-6-4-7-11-20)18-14-16-19(27-2)17-15-18/h4-17H,3H2,1-2H3/b23-22-. The highest BCUT2D eigenvalue weighted by Gasteiger charge is 2.27. The van der Waals surface area contributed by atoms with Crippen molar-refractivity contribution in [3.63, 3.8) is 0 Å². The Morgan fingerprint density at radius 1 is 0.833 bits per heavy atom. The van der Waals surface area contributed by atoms with E-state index in [4.69, 9.17) is 14.2 Å². The Balaban J connectivity index is 2.20. The molecule has 1 unspecified atom stereocenters. The van der Waals surface area contributed by atoms with Gasteiger partial charge >= 0.3 is 5.97 Å². The first-order valence-electron chi connectivity index (χ1n) is 9.39. The summed E-state index contributed by atoms with van der Waals surface area (Å²) >= 11 is 0. The number of benzene rings is 3. The lowest BCUT2D eigenvalue weighted by molar-refractivity contribution is -0.137. The third-order valence-corrected chi connectivity index (χ3v) is 5.55. The summed E-state index contributed by atoms with van der Waals surface area (Å²) in [6.07, 6.45) is 0. The molecule has 0 N–H and O–H groups in total. The SMILES string of the molecule is CCOC(=O)/C(=C(/Oc1ccccc1)c1ccc(OC)cc1)S(=O)c1ccccc1. The van der Waals surface area contributed by atoms with Gasteiger partial charge in [-0.3, -0.25) is 0 Å². The average Bonchev–Trinajstić information content (AvgIpc) is 2.80. The molecule has 0 amide bonds. The maximum absolute atomic E-state index is 13.4. The molecule has 3 rings (SSSR count). The first kappa shape index (κ1) is 21.3. The number of ether oxygens (including phenoxy) is 3. The fraction of sp³-hybridized carbons (Fsp3) is 0.125. The highest BCUT2D eigenvalue weighted by atomic mass is 32.2. The van der Waals surface area contributed by atoms with Crippen molar-refractivity contribution in [2.75, 3.05) is 13.7 Å². The van der Waals surface area contributed by atoms with Crippen molar-refractivity contribution in [3.05, 3.63) is 95.4 Å². The van der Waals surface area contributed by atoms with E-state index in [9.17, 15) is 9.00 Å². The van der Waals surface area contributed by atoms with Crippen molar-refractivity contribution in [2.24, 2.45) is 0 Å². The number of hydrogen-bond acceptors (Lipinski definition) is 5. The van der Waals surface area contributed by atoms with E-state index in [0.717, 1.165) is 0 Å². The Labute approximate surface area is 178 Å². The average molecular weight is 423 g/mol. The normalized spacial score (nSPS) is 12.5. The van der Waals surface area contributed by atoms with Gasteiger partial charge in [0.25, 0.3) is 0 Å². The molecule has 0 heterocycles. The van der Waals surface area contributed by atoms with Gasteiger partial charge in [-0.2, -0.15) is 0 Å². The smallest absolute Gasteiger partial charge is 0.351 e. The number of carbonyl (C=O) groups is 1. The van der Waals surface area contributed by atoms with Crippen LogP contribution in [0.5, 0.6) is 11.5 Å². The monoisotopic (exact) mass is 422 g/mol. The lowest BCUT2D eigenvalue weighted by atomic mass is 10.1. The van der Waals surface area contributed by atoms with Crippen LogP contribution in [0.25, 0.3) is 5.76 Å². The van der Waals surface area contributed by atoms with Gasteiger partial charge in [0.2, 0.25) is 0 Å². The third kappa shape index (κ3) is 5.15. The van der Waals surface area contributed by atoms with E-state index < -0.39 is 16.8 Å². The first-order valence-corrected chi connectivity index (χ1v) is 10.5. The lowest BCUT2D eigenvalue weighted by Crippen LogP contribution is -2.17. The molecule has 1 atom stereocenters. The number of esters is 1. The molecule has 6 heteroatoms. The van der Waals surface area contributed by atoms with Crippen molar-refractivity contribution < 1.29 is 23.2 Å². The minimum atomic E-state index is -1.82. The topological polar surface area (TPSA) is 61.8 Å². The Bertz CT molecular complexity index is 1030. The van der Waals surface area contributed by atoms with Crippen LogP contribution in [-0.2, 0) is 20.3 Å². The van der Waals surface area contributed by atoms with E-state index in [1.807, 2.05) is 24.3 Å². The minimum absolute atomic E-state index is 0.0583. The summed E-state index contributed by atoms with van der Waals surface area (Å²) in [5, 5.41) is 0. The predicted octanol–water partition coefficient (Wildman–Crippen LogP) is 4.81. The Morgan fingerprint density at radius 2 is 1.43 bits per heavy atom. The third-order valence-electron chi connectivity index (χ3n) is 4.13.